The summed E-state index contributed by atoms with van der Waals surface area (Å²) in [6.45, 7) is 6.99. The number of carbonyl (C=O) groups is 2. The molecule has 0 aromatic heterocycles. The van der Waals surface area contributed by atoms with E-state index in [4.69, 9.17) is 0 Å². The van der Waals surface area contributed by atoms with Gasteiger partial charge in [0.05, 0.1) is 0 Å². The number of aryl methyl sites for hydroxylation is 1. The van der Waals surface area contributed by atoms with E-state index in [1.165, 1.54) is 11.1 Å². The molecule has 0 N–H and O–H groups in total. The second kappa shape index (κ2) is 8.38. The highest BCUT2D eigenvalue weighted by Crippen LogP contribution is 2.27. The van der Waals surface area contributed by atoms with Gasteiger partial charge in [-0.05, 0) is 48.1 Å². The third-order valence-electron chi connectivity index (χ3n) is 5.21. The molecule has 1 aliphatic rings. The second-order valence-electron chi connectivity index (χ2n) is 7.44. The highest BCUT2D eigenvalue weighted by molar-refractivity contribution is 5.97. The lowest BCUT2D eigenvalue weighted by atomic mass is 10.0. The molecular weight excluding hydrogens is 336 g/mol. The SMILES string of the molecule is CC(=O)N(CCC(=O)N1CCCc2ccccc21)c1ccc(C(C)C)cc1. The van der Waals surface area contributed by atoms with Crippen molar-refractivity contribution in [1.82, 2.24) is 0 Å². The molecular formula is C23H28N2O2. The molecule has 0 atom stereocenters. The number of hydrogen-bond acceptors (Lipinski definition) is 2. The van der Waals surface area contributed by atoms with Crippen LogP contribution in [0.4, 0.5) is 11.4 Å². The van der Waals surface area contributed by atoms with Crippen LogP contribution in [0, 0.1) is 0 Å². The maximum atomic E-state index is 12.9. The molecule has 4 nitrogen and oxygen atoms in total. The third kappa shape index (κ3) is 4.38. The molecule has 0 fully saturated rings. The van der Waals surface area contributed by atoms with Gasteiger partial charge in [-0.2, -0.15) is 0 Å². The molecule has 3 rings (SSSR count). The molecule has 2 aromatic carbocycles. The largest absolute Gasteiger partial charge is 0.312 e. The van der Waals surface area contributed by atoms with Gasteiger partial charge in [-0.25, -0.2) is 0 Å². The lowest BCUT2D eigenvalue weighted by Gasteiger charge is -2.30. The molecule has 0 saturated carbocycles. The van der Waals surface area contributed by atoms with Crippen molar-refractivity contribution in [3.63, 3.8) is 0 Å². The first-order chi connectivity index (χ1) is 13.0. The highest BCUT2D eigenvalue weighted by Gasteiger charge is 2.23. The van der Waals surface area contributed by atoms with Crippen LogP contribution in [0.25, 0.3) is 0 Å². The van der Waals surface area contributed by atoms with E-state index in [1.54, 1.807) is 11.8 Å². The van der Waals surface area contributed by atoms with Gasteiger partial charge in [-0.3, -0.25) is 9.59 Å². The predicted octanol–water partition coefficient (Wildman–Crippen LogP) is 4.53. The summed E-state index contributed by atoms with van der Waals surface area (Å²) >= 11 is 0. The molecule has 2 aromatic rings. The molecule has 0 bridgehead atoms. The zero-order chi connectivity index (χ0) is 19.4. The molecule has 0 unspecified atom stereocenters. The van der Waals surface area contributed by atoms with Crippen LogP contribution in [0.3, 0.4) is 0 Å². The van der Waals surface area contributed by atoms with Gasteiger partial charge < -0.3 is 9.80 Å². The standard InChI is InChI=1S/C23H28N2O2/c1-17(2)19-10-12-21(13-11-19)24(18(3)26)16-14-23(27)25-15-6-8-20-7-4-5-9-22(20)25/h4-5,7,9-13,17H,6,8,14-16H2,1-3H3. The van der Waals surface area contributed by atoms with Crippen LogP contribution in [-0.2, 0) is 16.0 Å². The van der Waals surface area contributed by atoms with Crippen LogP contribution >= 0.6 is 0 Å². The Labute approximate surface area is 161 Å². The van der Waals surface area contributed by atoms with Gasteiger partial charge in [0.2, 0.25) is 11.8 Å². The van der Waals surface area contributed by atoms with E-state index in [-0.39, 0.29) is 11.8 Å². The Hall–Kier alpha value is -2.62. The van der Waals surface area contributed by atoms with E-state index < -0.39 is 0 Å². The van der Waals surface area contributed by atoms with Crippen LogP contribution in [0.1, 0.15) is 50.7 Å². The van der Waals surface area contributed by atoms with Crippen molar-refractivity contribution < 1.29 is 9.59 Å². The monoisotopic (exact) mass is 364 g/mol. The zero-order valence-electron chi connectivity index (χ0n) is 16.4. The van der Waals surface area contributed by atoms with Gasteiger partial charge in [0.25, 0.3) is 0 Å². The summed E-state index contributed by atoms with van der Waals surface area (Å²) in [5, 5.41) is 0. The molecule has 0 spiro atoms. The van der Waals surface area contributed by atoms with Crippen molar-refractivity contribution in [1.29, 1.82) is 0 Å². The smallest absolute Gasteiger partial charge is 0.228 e. The number of benzene rings is 2. The minimum Gasteiger partial charge on any atom is -0.312 e. The molecule has 27 heavy (non-hydrogen) atoms. The summed E-state index contributed by atoms with van der Waals surface area (Å²) < 4.78 is 0. The van der Waals surface area contributed by atoms with Crippen molar-refractivity contribution in [2.45, 2.75) is 46.0 Å². The van der Waals surface area contributed by atoms with E-state index in [9.17, 15) is 9.59 Å². The van der Waals surface area contributed by atoms with Crippen LogP contribution in [0.15, 0.2) is 48.5 Å². The Morgan fingerprint density at radius 3 is 2.44 bits per heavy atom. The first-order valence-corrected chi connectivity index (χ1v) is 9.73. The summed E-state index contributed by atoms with van der Waals surface area (Å²) in [5.74, 6) is 0.483. The fraction of sp³-hybridized carbons (Fsp3) is 0.391. The fourth-order valence-corrected chi connectivity index (χ4v) is 3.64. The first kappa shape index (κ1) is 19.2. The maximum absolute atomic E-state index is 12.9. The molecule has 4 heteroatoms. The lowest BCUT2D eigenvalue weighted by Crippen LogP contribution is -2.38. The normalized spacial score (nSPS) is 13.4. The maximum Gasteiger partial charge on any atom is 0.228 e. The van der Waals surface area contributed by atoms with Gasteiger partial charge in [-0.1, -0.05) is 44.2 Å². The lowest BCUT2D eigenvalue weighted by molar-refractivity contribution is -0.118. The van der Waals surface area contributed by atoms with Crippen LogP contribution in [0.5, 0.6) is 0 Å². The van der Waals surface area contributed by atoms with Crippen molar-refractivity contribution in [3.8, 4) is 0 Å². The second-order valence-corrected chi connectivity index (χ2v) is 7.44. The van der Waals surface area contributed by atoms with Crippen LogP contribution in [-0.4, -0.2) is 24.9 Å². The molecule has 1 aliphatic heterocycles. The van der Waals surface area contributed by atoms with Crippen LogP contribution < -0.4 is 9.80 Å². The van der Waals surface area contributed by atoms with Gasteiger partial charge in [-0.15, -0.1) is 0 Å². The minimum absolute atomic E-state index is 0.0425. The number of amides is 2. The van der Waals surface area contributed by atoms with Gasteiger partial charge in [0, 0.05) is 37.8 Å². The van der Waals surface area contributed by atoms with Crippen molar-refractivity contribution >= 4 is 23.2 Å². The molecule has 0 aliphatic carbocycles. The van der Waals surface area contributed by atoms with Crippen molar-refractivity contribution in [2.75, 3.05) is 22.9 Å². The van der Waals surface area contributed by atoms with E-state index >= 15 is 0 Å². The van der Waals surface area contributed by atoms with E-state index in [2.05, 4.69) is 32.0 Å². The Bertz CT molecular complexity index is 811. The number of anilines is 2. The quantitative estimate of drug-likeness (QED) is 0.782. The van der Waals surface area contributed by atoms with Gasteiger partial charge >= 0.3 is 0 Å². The van der Waals surface area contributed by atoms with E-state index in [1.807, 2.05) is 35.2 Å². The first-order valence-electron chi connectivity index (χ1n) is 9.73. The molecule has 142 valence electrons. The molecule has 0 radical (unpaired) electrons. The summed E-state index contributed by atoms with van der Waals surface area (Å²) in [7, 11) is 0. The fourth-order valence-electron chi connectivity index (χ4n) is 3.64. The number of hydrogen-bond donors (Lipinski definition) is 0. The molecule has 1 heterocycles. The average Bonchev–Trinajstić information content (AvgIpc) is 2.67. The topological polar surface area (TPSA) is 40.6 Å². The Morgan fingerprint density at radius 2 is 1.78 bits per heavy atom. The molecule has 2 amide bonds. The number of carbonyl (C=O) groups excluding carboxylic acids is 2. The van der Waals surface area contributed by atoms with Crippen molar-refractivity contribution in [2.24, 2.45) is 0 Å². The summed E-state index contributed by atoms with van der Waals surface area (Å²) in [4.78, 5) is 28.6. The number of nitrogens with zero attached hydrogens (tertiary/aromatic N) is 2. The minimum atomic E-state index is -0.0425. The highest BCUT2D eigenvalue weighted by atomic mass is 16.2. The van der Waals surface area contributed by atoms with E-state index in [0.717, 1.165) is 30.8 Å². The predicted molar refractivity (Wildman–Crippen MR) is 110 cm³/mol. The van der Waals surface area contributed by atoms with Crippen LogP contribution in [0.2, 0.25) is 0 Å². The van der Waals surface area contributed by atoms with E-state index in [0.29, 0.717) is 18.9 Å². The summed E-state index contributed by atoms with van der Waals surface area (Å²) in [6.07, 6.45) is 2.32. The Morgan fingerprint density at radius 1 is 1.07 bits per heavy atom. The average molecular weight is 364 g/mol. The van der Waals surface area contributed by atoms with Crippen molar-refractivity contribution in [3.05, 3.63) is 59.7 Å². The third-order valence-corrected chi connectivity index (χ3v) is 5.21. The number of para-hydroxylation sites is 1. The number of fused-ring (bicyclic) bond motifs is 1. The Kier molecular flexibility index (Phi) is 5.94. The Balaban J connectivity index is 1.70. The molecule has 0 saturated heterocycles. The number of rotatable bonds is 5. The summed E-state index contributed by atoms with van der Waals surface area (Å²) in [6, 6.07) is 16.1. The summed E-state index contributed by atoms with van der Waals surface area (Å²) in [5.41, 5.74) is 4.33. The van der Waals surface area contributed by atoms with Gasteiger partial charge in [0.15, 0.2) is 0 Å². The van der Waals surface area contributed by atoms with Gasteiger partial charge in [0.1, 0.15) is 0 Å². The zero-order valence-corrected chi connectivity index (χ0v) is 16.4.